The minimum atomic E-state index is -0.590. The molecule has 1 atom stereocenters. The van der Waals surface area contributed by atoms with Gasteiger partial charge in [-0.3, -0.25) is 0 Å². The number of rotatable bonds is 8. The molecule has 1 fully saturated rings. The number of aromatic nitrogens is 4. The molecule has 0 saturated carbocycles. The highest BCUT2D eigenvalue weighted by atomic mass is 19.1. The molecule has 0 spiro atoms. The lowest BCUT2D eigenvalue weighted by Gasteiger charge is -2.24. The normalized spacial score (nSPS) is 16.8. The maximum absolute atomic E-state index is 15.1. The predicted octanol–water partition coefficient (Wildman–Crippen LogP) is 2.51. The smallest absolute Gasteiger partial charge is 0.256 e. The summed E-state index contributed by atoms with van der Waals surface area (Å²) in [7, 11) is 0. The highest BCUT2D eigenvalue weighted by molar-refractivity contribution is 5.76. The van der Waals surface area contributed by atoms with Gasteiger partial charge in [-0.05, 0) is 38.4 Å². The van der Waals surface area contributed by atoms with Crippen molar-refractivity contribution in [2.45, 2.75) is 25.8 Å². The van der Waals surface area contributed by atoms with E-state index in [-0.39, 0.29) is 24.3 Å². The maximum atomic E-state index is 15.1. The van der Waals surface area contributed by atoms with Crippen LogP contribution in [0, 0.1) is 5.82 Å². The van der Waals surface area contributed by atoms with Crippen molar-refractivity contribution in [1.29, 1.82) is 0 Å². The van der Waals surface area contributed by atoms with E-state index < -0.39 is 5.82 Å². The van der Waals surface area contributed by atoms with Crippen molar-refractivity contribution in [2.75, 3.05) is 38.2 Å². The third kappa shape index (κ3) is 4.46. The van der Waals surface area contributed by atoms with E-state index >= 15 is 4.39 Å². The molecule has 2 N–H and O–H groups in total. The molecule has 0 bridgehead atoms. The molecule has 0 amide bonds. The first-order chi connectivity index (χ1) is 14.3. The van der Waals surface area contributed by atoms with Crippen LogP contribution in [0.25, 0.3) is 16.9 Å². The zero-order valence-electron chi connectivity index (χ0n) is 16.4. The lowest BCUT2D eigenvalue weighted by Crippen LogP contribution is -2.38. The van der Waals surface area contributed by atoms with E-state index in [0.717, 1.165) is 31.4 Å². The lowest BCUT2D eigenvalue weighted by atomic mass is 10.1. The Morgan fingerprint density at radius 2 is 2.24 bits per heavy atom. The number of hydrogen-bond donors (Lipinski definition) is 2. The van der Waals surface area contributed by atoms with E-state index in [1.54, 1.807) is 10.7 Å². The third-order valence-electron chi connectivity index (χ3n) is 4.80. The van der Waals surface area contributed by atoms with Gasteiger partial charge in [0, 0.05) is 25.4 Å². The number of nitrogens with one attached hydrogen (secondary N) is 2. The number of hydrogen-bond acceptors (Lipinski definition) is 7. The van der Waals surface area contributed by atoms with Crippen molar-refractivity contribution in [3.05, 3.63) is 36.4 Å². The van der Waals surface area contributed by atoms with Crippen molar-refractivity contribution < 1.29 is 13.9 Å². The number of nitrogens with zero attached hydrogens (tertiary/aromatic N) is 4. The van der Waals surface area contributed by atoms with Crippen LogP contribution in [0.5, 0.6) is 5.88 Å². The van der Waals surface area contributed by atoms with Gasteiger partial charge in [-0.25, -0.2) is 9.50 Å². The lowest BCUT2D eigenvalue weighted by molar-refractivity contribution is 0.106. The van der Waals surface area contributed by atoms with Crippen molar-refractivity contribution in [3.63, 3.8) is 0 Å². The maximum Gasteiger partial charge on any atom is 0.256 e. The number of fused-ring (bicyclic) bond motifs is 1. The zero-order valence-corrected chi connectivity index (χ0v) is 16.4. The summed E-state index contributed by atoms with van der Waals surface area (Å²) in [6.07, 6.45) is 5.50. The first kappa shape index (κ1) is 19.5. The number of halogens is 1. The Hall–Kier alpha value is -2.78. The Balaban J connectivity index is 1.68. The summed E-state index contributed by atoms with van der Waals surface area (Å²) in [6.45, 7) is 4.78. The van der Waals surface area contributed by atoms with Gasteiger partial charge in [-0.1, -0.05) is 6.07 Å². The molecule has 154 valence electrons. The average molecular weight is 400 g/mol. The monoisotopic (exact) mass is 400 g/mol. The molecule has 0 radical (unpaired) electrons. The van der Waals surface area contributed by atoms with E-state index in [1.165, 1.54) is 0 Å². The van der Waals surface area contributed by atoms with Gasteiger partial charge in [-0.2, -0.15) is 14.5 Å². The van der Waals surface area contributed by atoms with E-state index in [4.69, 9.17) is 9.47 Å². The van der Waals surface area contributed by atoms with Crippen molar-refractivity contribution in [1.82, 2.24) is 24.9 Å². The molecule has 4 rings (SSSR count). The van der Waals surface area contributed by atoms with Gasteiger partial charge < -0.3 is 20.1 Å². The molecule has 1 aliphatic heterocycles. The minimum Gasteiger partial charge on any atom is -0.473 e. The van der Waals surface area contributed by atoms with Gasteiger partial charge in [0.2, 0.25) is 5.82 Å². The van der Waals surface area contributed by atoms with Crippen LogP contribution in [0.15, 0.2) is 30.6 Å². The average Bonchev–Trinajstić information content (AvgIpc) is 3.18. The molecule has 9 heteroatoms. The summed E-state index contributed by atoms with van der Waals surface area (Å²) in [6, 6.07) is 5.82. The summed E-state index contributed by atoms with van der Waals surface area (Å²) < 4.78 is 27.7. The number of piperidine rings is 1. The van der Waals surface area contributed by atoms with E-state index in [9.17, 15) is 0 Å². The number of ether oxygens (including phenoxy) is 2. The molecular formula is C20H25FN6O2. The molecule has 0 unspecified atom stereocenters. The SMILES string of the molecule is CCOCCOc1nc(-c2cnn3ccccc23)nc(N[C@@H]2CCCNC2)c1F. The second-order valence-corrected chi connectivity index (χ2v) is 6.84. The fourth-order valence-electron chi connectivity index (χ4n) is 3.36. The minimum absolute atomic E-state index is 0.0868. The van der Waals surface area contributed by atoms with Gasteiger partial charge in [0.05, 0.1) is 23.9 Å². The van der Waals surface area contributed by atoms with Gasteiger partial charge in [0.25, 0.3) is 5.88 Å². The zero-order chi connectivity index (χ0) is 20.1. The van der Waals surface area contributed by atoms with Gasteiger partial charge in [0.1, 0.15) is 6.61 Å². The molecule has 8 nitrogen and oxygen atoms in total. The Labute approximate surface area is 168 Å². The Morgan fingerprint density at radius 3 is 3.07 bits per heavy atom. The van der Waals surface area contributed by atoms with Crippen LogP contribution in [-0.2, 0) is 4.74 Å². The standard InChI is InChI=1S/C20H25FN6O2/c1-2-28-10-11-29-20-17(21)19(24-14-6-5-8-22-12-14)25-18(26-20)15-13-23-27-9-4-3-7-16(15)27/h3-4,7,9,13-14,22H,2,5-6,8,10-12H2,1H3,(H,24,25,26)/t14-/m1/s1. The molecule has 0 aliphatic carbocycles. The topological polar surface area (TPSA) is 85.6 Å². The van der Waals surface area contributed by atoms with Crippen LogP contribution in [0.1, 0.15) is 19.8 Å². The third-order valence-corrected chi connectivity index (χ3v) is 4.80. The van der Waals surface area contributed by atoms with Crippen molar-refractivity contribution in [3.8, 4) is 17.3 Å². The largest absolute Gasteiger partial charge is 0.473 e. The molecule has 1 saturated heterocycles. The Morgan fingerprint density at radius 1 is 1.31 bits per heavy atom. The summed E-state index contributed by atoms with van der Waals surface area (Å²) in [5.74, 6) is -0.167. The molecule has 3 aromatic heterocycles. The second-order valence-electron chi connectivity index (χ2n) is 6.84. The summed E-state index contributed by atoms with van der Waals surface area (Å²) in [4.78, 5) is 8.82. The highest BCUT2D eigenvalue weighted by Gasteiger charge is 2.22. The summed E-state index contributed by atoms with van der Waals surface area (Å²) in [5, 5.41) is 10.9. The first-order valence-corrected chi connectivity index (χ1v) is 9.94. The molecule has 29 heavy (non-hydrogen) atoms. The van der Waals surface area contributed by atoms with Crippen LogP contribution in [-0.4, -0.2) is 58.5 Å². The van der Waals surface area contributed by atoms with Crippen LogP contribution < -0.4 is 15.4 Å². The Bertz CT molecular complexity index is 957. The molecule has 1 aliphatic rings. The van der Waals surface area contributed by atoms with Gasteiger partial charge >= 0.3 is 0 Å². The Kier molecular flexibility index (Phi) is 6.16. The van der Waals surface area contributed by atoms with Crippen LogP contribution >= 0.6 is 0 Å². The van der Waals surface area contributed by atoms with Gasteiger partial charge in [-0.15, -0.1) is 0 Å². The van der Waals surface area contributed by atoms with Crippen LogP contribution in [0.2, 0.25) is 0 Å². The molecule has 4 heterocycles. The van der Waals surface area contributed by atoms with Crippen molar-refractivity contribution in [2.24, 2.45) is 0 Å². The molecule has 0 aromatic carbocycles. The molecular weight excluding hydrogens is 375 g/mol. The van der Waals surface area contributed by atoms with Crippen molar-refractivity contribution >= 4 is 11.3 Å². The molecule has 3 aromatic rings. The first-order valence-electron chi connectivity index (χ1n) is 9.94. The number of anilines is 1. The van der Waals surface area contributed by atoms with Crippen LogP contribution in [0.4, 0.5) is 10.2 Å². The summed E-state index contributed by atoms with van der Waals surface area (Å²) in [5.41, 5.74) is 1.55. The predicted molar refractivity (Wildman–Crippen MR) is 108 cm³/mol. The van der Waals surface area contributed by atoms with Crippen LogP contribution in [0.3, 0.4) is 0 Å². The second kappa shape index (κ2) is 9.15. The summed E-state index contributed by atoms with van der Waals surface area (Å²) >= 11 is 0. The van der Waals surface area contributed by atoms with E-state index in [0.29, 0.717) is 24.6 Å². The highest BCUT2D eigenvalue weighted by Crippen LogP contribution is 2.29. The van der Waals surface area contributed by atoms with E-state index in [2.05, 4.69) is 25.7 Å². The van der Waals surface area contributed by atoms with Gasteiger partial charge in [0.15, 0.2) is 11.6 Å². The fraction of sp³-hybridized carbons (Fsp3) is 0.450. The fourth-order valence-corrected chi connectivity index (χ4v) is 3.36. The number of pyridine rings is 1. The van der Waals surface area contributed by atoms with E-state index in [1.807, 2.05) is 31.3 Å². The quantitative estimate of drug-likeness (QED) is 0.562.